The van der Waals surface area contributed by atoms with E-state index in [0.717, 1.165) is 37.8 Å². The van der Waals surface area contributed by atoms with Crippen molar-refractivity contribution in [3.8, 4) is 0 Å². The van der Waals surface area contributed by atoms with Crippen LogP contribution in [0.2, 0.25) is 0 Å². The van der Waals surface area contributed by atoms with Gasteiger partial charge in [-0.25, -0.2) is 9.59 Å². The minimum absolute atomic E-state index is 0. The fourth-order valence-electron chi connectivity index (χ4n) is 4.32. The van der Waals surface area contributed by atoms with Crippen molar-refractivity contribution in [2.24, 2.45) is 11.7 Å². The summed E-state index contributed by atoms with van der Waals surface area (Å²) in [6.07, 6.45) is 4.19. The first-order valence-corrected chi connectivity index (χ1v) is 11.2. The number of benzene rings is 2. The van der Waals surface area contributed by atoms with Crippen molar-refractivity contribution in [3.63, 3.8) is 0 Å². The first-order valence-electron chi connectivity index (χ1n) is 11.2. The summed E-state index contributed by atoms with van der Waals surface area (Å²) in [7, 11) is 2.81. The fraction of sp³-hybridized carbons (Fsp3) is 0.429. The molecule has 188 valence electrons. The second-order valence-electron chi connectivity index (χ2n) is 8.85. The lowest BCUT2D eigenvalue weighted by atomic mass is 10.0. The van der Waals surface area contributed by atoms with Crippen LogP contribution in [-0.2, 0) is 22.3 Å². The molecule has 2 aromatic rings. The predicted molar refractivity (Wildman–Crippen MR) is 138 cm³/mol. The average Bonchev–Trinajstić information content (AvgIpc) is 3.39. The first-order chi connectivity index (χ1) is 15.3. The van der Waals surface area contributed by atoms with Gasteiger partial charge in [-0.3, -0.25) is 0 Å². The maximum atomic E-state index is 11.5. The molecule has 0 aliphatic heterocycles. The lowest BCUT2D eigenvalue weighted by Crippen LogP contribution is -2.23. The number of nitrogens with one attached hydrogen (secondary N) is 1. The van der Waals surface area contributed by atoms with Crippen LogP contribution in [0, 0.1) is 20.8 Å². The molecule has 34 heavy (non-hydrogen) atoms. The zero-order valence-electron chi connectivity index (χ0n) is 21.4. The van der Waals surface area contributed by atoms with Crippen LogP contribution in [0.5, 0.6) is 0 Å². The molecule has 0 amide bonds. The number of carbonyl (C=O) groups is 2. The molecule has 4 rings (SSSR count). The van der Waals surface area contributed by atoms with E-state index in [2.05, 4.69) is 30.0 Å². The van der Waals surface area contributed by atoms with Crippen LogP contribution in [-0.4, -0.2) is 32.7 Å². The summed E-state index contributed by atoms with van der Waals surface area (Å²) in [5.74, 6) is 0.0806. The Hall–Kier alpha value is -2.70. The van der Waals surface area contributed by atoms with E-state index in [1.165, 1.54) is 30.9 Å². The van der Waals surface area contributed by atoms with Crippen LogP contribution in [0.25, 0.3) is 0 Å². The highest BCUT2D eigenvalue weighted by Gasteiger charge is 2.23. The normalized spacial score (nSPS) is 17.4. The van der Waals surface area contributed by atoms with Gasteiger partial charge in [0.15, 0.2) is 0 Å². The molecule has 3 N–H and O–H groups in total. The number of hydrogen-bond acceptors (Lipinski definition) is 6. The number of fused-ring (bicyclic) bond motifs is 2. The topological polar surface area (TPSA) is 90.7 Å². The van der Waals surface area contributed by atoms with Crippen molar-refractivity contribution < 1.29 is 19.1 Å². The van der Waals surface area contributed by atoms with Crippen LogP contribution < -0.4 is 11.1 Å². The maximum Gasteiger partial charge on any atom is 0.337 e. The third kappa shape index (κ3) is 6.90. The van der Waals surface area contributed by atoms with Crippen molar-refractivity contribution >= 4 is 11.9 Å². The van der Waals surface area contributed by atoms with Crippen molar-refractivity contribution in [2.75, 3.05) is 20.8 Å². The standard InChI is InChI=1S/C15H21NO2.C11H13NO2.2CH3/c1-10(2)9-16-14-7-6-11-4-5-12(8-13(11)14)15(17)18-3;1-14-11(13)8-3-2-7-4-5-10(12)9(7)6-8;;/h4-5,8,10,14,16H,6-7,9H2,1-3H3;2-3,6,10H,4-5,12H2,1H3;2*1H3/q;;2*-1/t14-;10-;;/m11../s1. The number of hydrogen-bond donors (Lipinski definition) is 2. The molecule has 0 radical (unpaired) electrons. The largest absolute Gasteiger partial charge is 0.465 e. The average molecular weight is 469 g/mol. The molecule has 0 aromatic heterocycles. The molecule has 0 unspecified atom stereocenters. The predicted octanol–water partition coefficient (Wildman–Crippen LogP) is 5.03. The van der Waals surface area contributed by atoms with Gasteiger partial charge in [-0.15, -0.1) is 0 Å². The number of aryl methyl sites for hydroxylation is 2. The van der Waals surface area contributed by atoms with E-state index >= 15 is 0 Å². The molecule has 0 bridgehead atoms. The van der Waals surface area contributed by atoms with Gasteiger partial charge in [0, 0.05) is 12.1 Å². The zero-order chi connectivity index (χ0) is 23.3. The summed E-state index contributed by atoms with van der Waals surface area (Å²) in [6.45, 7) is 5.41. The number of rotatable bonds is 5. The lowest BCUT2D eigenvalue weighted by Gasteiger charge is -2.16. The van der Waals surface area contributed by atoms with Crippen LogP contribution in [0.4, 0.5) is 0 Å². The van der Waals surface area contributed by atoms with Crippen molar-refractivity contribution in [3.05, 3.63) is 84.6 Å². The summed E-state index contributed by atoms with van der Waals surface area (Å²) in [6, 6.07) is 12.0. The Kier molecular flexibility index (Phi) is 11.4. The highest BCUT2D eigenvalue weighted by atomic mass is 16.5. The summed E-state index contributed by atoms with van der Waals surface area (Å²) >= 11 is 0. The monoisotopic (exact) mass is 468 g/mol. The molecule has 2 aliphatic rings. The number of ether oxygens (including phenoxy) is 2. The van der Waals surface area contributed by atoms with Gasteiger partial charge in [0.05, 0.1) is 25.3 Å². The van der Waals surface area contributed by atoms with Gasteiger partial charge in [-0.05, 0) is 84.7 Å². The SMILES string of the molecule is COC(=O)c1ccc2c(c1)[C@H](N)CC2.COC(=O)c1ccc2c(c1)[C@H](NCC(C)C)CC2.[CH3-].[CH3-]. The van der Waals surface area contributed by atoms with Crippen molar-refractivity contribution in [1.29, 1.82) is 0 Å². The Morgan fingerprint density at radius 2 is 1.41 bits per heavy atom. The molecule has 0 heterocycles. The van der Waals surface area contributed by atoms with E-state index in [-0.39, 0.29) is 32.8 Å². The summed E-state index contributed by atoms with van der Waals surface area (Å²) < 4.78 is 9.42. The van der Waals surface area contributed by atoms with Gasteiger partial charge in [-0.2, -0.15) is 0 Å². The molecule has 2 aliphatic carbocycles. The quantitative estimate of drug-likeness (QED) is 0.473. The summed E-state index contributed by atoms with van der Waals surface area (Å²) in [4.78, 5) is 22.8. The summed E-state index contributed by atoms with van der Waals surface area (Å²) in [5.41, 5.74) is 12.1. The van der Waals surface area contributed by atoms with Crippen LogP contribution in [0.3, 0.4) is 0 Å². The Bertz CT molecular complexity index is 971. The number of carbonyl (C=O) groups excluding carboxylic acids is 2. The van der Waals surface area contributed by atoms with E-state index in [1.54, 1.807) is 6.07 Å². The molecule has 2 aromatic carbocycles. The fourth-order valence-corrected chi connectivity index (χ4v) is 4.32. The summed E-state index contributed by atoms with van der Waals surface area (Å²) in [5, 5.41) is 3.57. The van der Waals surface area contributed by atoms with Gasteiger partial charge in [-0.1, -0.05) is 26.0 Å². The third-order valence-corrected chi connectivity index (χ3v) is 6.11. The molecule has 0 spiro atoms. The van der Waals surface area contributed by atoms with E-state index in [1.807, 2.05) is 24.3 Å². The van der Waals surface area contributed by atoms with E-state index < -0.39 is 0 Å². The second kappa shape index (κ2) is 13.3. The van der Waals surface area contributed by atoms with E-state index in [0.29, 0.717) is 23.1 Å². The van der Waals surface area contributed by atoms with Crippen LogP contribution in [0.15, 0.2) is 36.4 Å². The number of esters is 2. The van der Waals surface area contributed by atoms with Gasteiger partial charge in [0.1, 0.15) is 0 Å². The molecule has 6 nitrogen and oxygen atoms in total. The smallest absolute Gasteiger partial charge is 0.337 e. The van der Waals surface area contributed by atoms with E-state index in [4.69, 9.17) is 10.5 Å². The zero-order valence-corrected chi connectivity index (χ0v) is 21.4. The first kappa shape index (κ1) is 29.3. The number of nitrogens with two attached hydrogens (primary N) is 1. The van der Waals surface area contributed by atoms with Crippen LogP contribution >= 0.6 is 0 Å². The molecule has 0 saturated carbocycles. The Labute approximate surface area is 205 Å². The Balaban J connectivity index is 0.000000329. The second-order valence-corrected chi connectivity index (χ2v) is 8.85. The molecule has 6 heteroatoms. The number of methoxy groups -OCH3 is 2. The van der Waals surface area contributed by atoms with Crippen molar-refractivity contribution in [1.82, 2.24) is 5.32 Å². The Morgan fingerprint density at radius 1 is 0.912 bits per heavy atom. The lowest BCUT2D eigenvalue weighted by molar-refractivity contribution is 0.0591. The molecule has 2 atom stereocenters. The minimum Gasteiger partial charge on any atom is -0.465 e. The van der Waals surface area contributed by atoms with Gasteiger partial charge >= 0.3 is 11.9 Å². The van der Waals surface area contributed by atoms with Gasteiger partial charge < -0.3 is 35.4 Å². The highest BCUT2D eigenvalue weighted by molar-refractivity contribution is 5.90. The maximum absolute atomic E-state index is 11.5. The molecular formula is C28H40N2O4-2. The Morgan fingerprint density at radius 3 is 1.94 bits per heavy atom. The van der Waals surface area contributed by atoms with Gasteiger partial charge in [0.25, 0.3) is 0 Å². The minimum atomic E-state index is -0.299. The van der Waals surface area contributed by atoms with E-state index in [9.17, 15) is 9.59 Å². The van der Waals surface area contributed by atoms with Gasteiger partial charge in [0.2, 0.25) is 0 Å². The molecule has 0 fully saturated rings. The van der Waals surface area contributed by atoms with Crippen LogP contribution in [0.1, 0.15) is 81.7 Å². The highest BCUT2D eigenvalue weighted by Crippen LogP contribution is 2.32. The molecular weight excluding hydrogens is 428 g/mol. The third-order valence-electron chi connectivity index (χ3n) is 6.11. The van der Waals surface area contributed by atoms with Crippen molar-refractivity contribution in [2.45, 2.75) is 51.6 Å². The molecule has 0 saturated heterocycles.